The smallest absolute Gasteiger partial charge is 0.122 e. The molecule has 14 heavy (non-hydrogen) atoms. The first-order valence-corrected chi connectivity index (χ1v) is 4.72. The number of rotatable bonds is 2. The van der Waals surface area contributed by atoms with E-state index in [9.17, 15) is 0 Å². The summed E-state index contributed by atoms with van der Waals surface area (Å²) < 4.78 is 5.11. The van der Waals surface area contributed by atoms with Gasteiger partial charge in [0, 0.05) is 12.3 Å². The van der Waals surface area contributed by atoms with E-state index in [1.54, 1.807) is 19.4 Å². The van der Waals surface area contributed by atoms with E-state index in [-0.39, 0.29) is 5.41 Å². The number of hydrogen-bond acceptors (Lipinski definition) is 3. The van der Waals surface area contributed by atoms with Gasteiger partial charge in [-0.05, 0) is 25.3 Å². The molecule has 2 rings (SSSR count). The SMILES string of the molecule is COc1ccnc(C2(C#N)CCC2)c1. The minimum atomic E-state index is -0.339. The Kier molecular flexibility index (Phi) is 2.12. The van der Waals surface area contributed by atoms with E-state index in [1.165, 1.54) is 0 Å². The molecule has 0 radical (unpaired) electrons. The Balaban J connectivity index is 2.36. The molecule has 1 aliphatic carbocycles. The Bertz CT molecular complexity index is 377. The van der Waals surface area contributed by atoms with E-state index in [1.807, 2.05) is 6.07 Å². The molecule has 0 amide bonds. The van der Waals surface area contributed by atoms with E-state index in [0.29, 0.717) is 0 Å². The Morgan fingerprint density at radius 3 is 2.86 bits per heavy atom. The maximum absolute atomic E-state index is 9.12. The Hall–Kier alpha value is -1.56. The highest BCUT2D eigenvalue weighted by Gasteiger charge is 2.40. The second kappa shape index (κ2) is 3.30. The summed E-state index contributed by atoms with van der Waals surface area (Å²) in [5.74, 6) is 0.775. The molecule has 0 spiro atoms. The minimum absolute atomic E-state index is 0.339. The van der Waals surface area contributed by atoms with Crippen molar-refractivity contribution >= 4 is 0 Å². The maximum atomic E-state index is 9.12. The van der Waals surface area contributed by atoms with Crippen LogP contribution in [0.3, 0.4) is 0 Å². The van der Waals surface area contributed by atoms with Gasteiger partial charge in [0.25, 0.3) is 0 Å². The largest absolute Gasteiger partial charge is 0.497 e. The summed E-state index contributed by atoms with van der Waals surface area (Å²) in [6.07, 6.45) is 4.66. The van der Waals surface area contributed by atoms with Crippen molar-refractivity contribution in [3.05, 3.63) is 24.0 Å². The van der Waals surface area contributed by atoms with Crippen LogP contribution in [0.2, 0.25) is 0 Å². The van der Waals surface area contributed by atoms with Crippen molar-refractivity contribution in [1.82, 2.24) is 4.98 Å². The van der Waals surface area contributed by atoms with Crippen molar-refractivity contribution in [2.24, 2.45) is 0 Å². The normalized spacial score (nSPS) is 18.0. The van der Waals surface area contributed by atoms with Gasteiger partial charge in [-0.1, -0.05) is 0 Å². The lowest BCUT2D eigenvalue weighted by atomic mass is 9.67. The molecule has 1 aliphatic rings. The van der Waals surface area contributed by atoms with Crippen LogP contribution in [0, 0.1) is 11.3 Å². The number of aromatic nitrogens is 1. The highest BCUT2D eigenvalue weighted by molar-refractivity contribution is 5.34. The lowest BCUT2D eigenvalue weighted by Gasteiger charge is -2.34. The van der Waals surface area contributed by atoms with Crippen LogP contribution >= 0.6 is 0 Å². The maximum Gasteiger partial charge on any atom is 0.122 e. The van der Waals surface area contributed by atoms with Gasteiger partial charge in [0.15, 0.2) is 0 Å². The van der Waals surface area contributed by atoms with Gasteiger partial charge >= 0.3 is 0 Å². The predicted octanol–water partition coefficient (Wildman–Crippen LogP) is 2.04. The highest BCUT2D eigenvalue weighted by Crippen LogP contribution is 2.42. The van der Waals surface area contributed by atoms with Gasteiger partial charge in [0.2, 0.25) is 0 Å². The summed E-state index contributed by atoms with van der Waals surface area (Å²) >= 11 is 0. The van der Waals surface area contributed by atoms with Crippen LogP contribution in [-0.2, 0) is 5.41 Å². The number of ether oxygens (including phenoxy) is 1. The third kappa shape index (κ3) is 1.24. The van der Waals surface area contributed by atoms with E-state index in [4.69, 9.17) is 10.00 Å². The summed E-state index contributed by atoms with van der Waals surface area (Å²) in [5, 5.41) is 9.12. The zero-order valence-electron chi connectivity index (χ0n) is 8.16. The second-order valence-corrected chi connectivity index (χ2v) is 3.63. The average molecular weight is 188 g/mol. The van der Waals surface area contributed by atoms with Gasteiger partial charge in [-0.2, -0.15) is 5.26 Å². The van der Waals surface area contributed by atoms with Crippen LogP contribution in [0.4, 0.5) is 0 Å². The van der Waals surface area contributed by atoms with Gasteiger partial charge in [0.1, 0.15) is 5.75 Å². The zero-order chi connectivity index (χ0) is 10.0. The predicted molar refractivity (Wildman–Crippen MR) is 51.9 cm³/mol. The molecular formula is C11H12N2O. The van der Waals surface area contributed by atoms with E-state index in [2.05, 4.69) is 11.1 Å². The van der Waals surface area contributed by atoms with Crippen LogP contribution in [0.25, 0.3) is 0 Å². The lowest BCUT2D eigenvalue weighted by Crippen LogP contribution is -2.33. The topological polar surface area (TPSA) is 45.9 Å². The van der Waals surface area contributed by atoms with Gasteiger partial charge in [-0.3, -0.25) is 4.98 Å². The van der Waals surface area contributed by atoms with Crippen LogP contribution in [0.15, 0.2) is 18.3 Å². The van der Waals surface area contributed by atoms with E-state index < -0.39 is 0 Å². The number of nitriles is 1. The molecular weight excluding hydrogens is 176 g/mol. The fourth-order valence-electron chi connectivity index (χ4n) is 1.76. The van der Waals surface area contributed by atoms with Crippen molar-refractivity contribution in [3.63, 3.8) is 0 Å². The van der Waals surface area contributed by atoms with Gasteiger partial charge in [-0.15, -0.1) is 0 Å². The quantitative estimate of drug-likeness (QED) is 0.713. The number of pyridine rings is 1. The molecule has 3 nitrogen and oxygen atoms in total. The first kappa shape index (κ1) is 9.01. The number of nitrogens with zero attached hydrogens (tertiary/aromatic N) is 2. The molecule has 0 saturated heterocycles. The molecule has 0 aliphatic heterocycles. The Labute approximate surface area is 83.3 Å². The monoisotopic (exact) mass is 188 g/mol. The molecule has 0 bridgehead atoms. The summed E-state index contributed by atoms with van der Waals surface area (Å²) in [4.78, 5) is 4.25. The zero-order valence-corrected chi connectivity index (χ0v) is 8.16. The first-order valence-electron chi connectivity index (χ1n) is 4.72. The minimum Gasteiger partial charge on any atom is -0.497 e. The van der Waals surface area contributed by atoms with Crippen molar-refractivity contribution in [2.75, 3.05) is 7.11 Å². The van der Waals surface area contributed by atoms with Crippen molar-refractivity contribution < 1.29 is 4.74 Å². The van der Waals surface area contributed by atoms with Crippen LogP contribution in [0.5, 0.6) is 5.75 Å². The summed E-state index contributed by atoms with van der Waals surface area (Å²) in [6.45, 7) is 0. The highest BCUT2D eigenvalue weighted by atomic mass is 16.5. The van der Waals surface area contributed by atoms with Crippen molar-refractivity contribution in [1.29, 1.82) is 5.26 Å². The van der Waals surface area contributed by atoms with Crippen LogP contribution in [0.1, 0.15) is 25.0 Å². The number of methoxy groups -OCH3 is 1. The molecule has 3 heteroatoms. The molecule has 1 aromatic heterocycles. The number of hydrogen-bond donors (Lipinski definition) is 0. The van der Waals surface area contributed by atoms with Crippen molar-refractivity contribution in [2.45, 2.75) is 24.7 Å². The summed E-state index contributed by atoms with van der Waals surface area (Å²) in [7, 11) is 1.62. The second-order valence-electron chi connectivity index (χ2n) is 3.63. The molecule has 0 unspecified atom stereocenters. The average Bonchev–Trinajstić information content (AvgIpc) is 2.18. The van der Waals surface area contributed by atoms with E-state index in [0.717, 1.165) is 30.7 Å². The fraction of sp³-hybridized carbons (Fsp3) is 0.455. The van der Waals surface area contributed by atoms with Crippen molar-refractivity contribution in [3.8, 4) is 11.8 Å². The van der Waals surface area contributed by atoms with Gasteiger partial charge in [-0.25, -0.2) is 0 Å². The molecule has 0 atom stereocenters. The fourth-order valence-corrected chi connectivity index (χ4v) is 1.76. The lowest BCUT2D eigenvalue weighted by molar-refractivity contribution is 0.314. The Morgan fingerprint density at radius 1 is 1.57 bits per heavy atom. The standard InChI is InChI=1S/C11H12N2O/c1-14-9-3-6-13-10(7-9)11(8-12)4-2-5-11/h3,6-7H,2,4-5H2,1H3. The Morgan fingerprint density at radius 2 is 2.36 bits per heavy atom. The molecule has 1 aromatic rings. The van der Waals surface area contributed by atoms with Crippen LogP contribution in [-0.4, -0.2) is 12.1 Å². The van der Waals surface area contributed by atoms with Crippen LogP contribution < -0.4 is 4.74 Å². The first-order chi connectivity index (χ1) is 6.80. The molecule has 1 heterocycles. The van der Waals surface area contributed by atoms with Gasteiger partial charge in [0.05, 0.1) is 24.3 Å². The third-order valence-electron chi connectivity index (χ3n) is 2.88. The molecule has 1 fully saturated rings. The summed E-state index contributed by atoms with van der Waals surface area (Å²) in [6, 6.07) is 6.03. The van der Waals surface area contributed by atoms with Gasteiger partial charge < -0.3 is 4.74 Å². The van der Waals surface area contributed by atoms with E-state index >= 15 is 0 Å². The molecule has 72 valence electrons. The molecule has 0 aromatic carbocycles. The summed E-state index contributed by atoms with van der Waals surface area (Å²) in [5.41, 5.74) is 0.514. The molecule has 0 N–H and O–H groups in total. The molecule has 1 saturated carbocycles. The third-order valence-corrected chi connectivity index (χ3v) is 2.88.